The van der Waals surface area contributed by atoms with E-state index in [-0.39, 0.29) is 6.61 Å². The first-order chi connectivity index (χ1) is 11.1. The Hall–Kier alpha value is -1.72. The largest absolute Gasteiger partial charge is 0.489 e. The molecule has 0 saturated carbocycles. The van der Waals surface area contributed by atoms with E-state index in [1.807, 2.05) is 0 Å². The summed E-state index contributed by atoms with van der Waals surface area (Å²) in [6.45, 7) is 6.94. The molecule has 1 unspecified atom stereocenters. The maximum Gasteiger partial charge on any atom is 0.335 e. The zero-order valence-corrected chi connectivity index (χ0v) is 13.9. The van der Waals surface area contributed by atoms with Gasteiger partial charge in [0, 0.05) is 6.42 Å². The van der Waals surface area contributed by atoms with Crippen LogP contribution in [0.3, 0.4) is 0 Å². The maximum atomic E-state index is 11.9. The molecule has 5 nitrogen and oxygen atoms in total. The third-order valence-corrected chi connectivity index (χ3v) is 3.55. The Morgan fingerprint density at radius 3 is 3.00 bits per heavy atom. The molecule has 1 atom stereocenters. The van der Waals surface area contributed by atoms with Crippen LogP contribution in [0, 0.1) is 0 Å². The van der Waals surface area contributed by atoms with Gasteiger partial charge in [-0.25, -0.2) is 4.79 Å². The lowest BCUT2D eigenvalue weighted by molar-refractivity contribution is -0.157. The fourth-order valence-electron chi connectivity index (χ4n) is 2.04. The molecule has 1 heterocycles. The molecule has 0 fully saturated rings. The van der Waals surface area contributed by atoms with Gasteiger partial charge >= 0.3 is 5.97 Å². The Morgan fingerprint density at radius 2 is 2.22 bits per heavy atom. The second-order valence-corrected chi connectivity index (χ2v) is 5.56. The van der Waals surface area contributed by atoms with Crippen molar-refractivity contribution in [2.45, 2.75) is 32.5 Å². The predicted octanol–water partition coefficient (Wildman–Crippen LogP) is 3.53. The van der Waals surface area contributed by atoms with Crippen LogP contribution in [-0.2, 0) is 20.9 Å². The average molecular weight is 341 g/mol. The lowest BCUT2D eigenvalue weighted by atomic mass is 10.2. The molecule has 126 valence electrons. The van der Waals surface area contributed by atoms with Crippen LogP contribution in [0.15, 0.2) is 24.8 Å². The predicted molar refractivity (Wildman–Crippen MR) is 87.1 cm³/mol. The highest BCUT2D eigenvalue weighted by molar-refractivity contribution is 6.32. The third-order valence-electron chi connectivity index (χ3n) is 3.26. The molecule has 1 aromatic carbocycles. The van der Waals surface area contributed by atoms with Crippen molar-refractivity contribution in [3.05, 3.63) is 35.4 Å². The molecule has 1 aliphatic heterocycles. The maximum absolute atomic E-state index is 11.9. The van der Waals surface area contributed by atoms with Crippen LogP contribution >= 0.6 is 11.6 Å². The van der Waals surface area contributed by atoms with Gasteiger partial charge in [-0.3, -0.25) is 0 Å². The van der Waals surface area contributed by atoms with Gasteiger partial charge in [0.1, 0.15) is 6.61 Å². The quantitative estimate of drug-likeness (QED) is 0.432. The van der Waals surface area contributed by atoms with Crippen LogP contribution in [0.5, 0.6) is 11.5 Å². The smallest absolute Gasteiger partial charge is 0.335 e. The highest BCUT2D eigenvalue weighted by Crippen LogP contribution is 2.38. The van der Waals surface area contributed by atoms with E-state index >= 15 is 0 Å². The Bertz CT molecular complexity index is 558. The number of esters is 1. The summed E-state index contributed by atoms with van der Waals surface area (Å²) >= 11 is 6.20. The van der Waals surface area contributed by atoms with Crippen molar-refractivity contribution in [3.8, 4) is 11.5 Å². The molecule has 0 bridgehead atoms. The van der Waals surface area contributed by atoms with Crippen LogP contribution in [0.25, 0.3) is 0 Å². The van der Waals surface area contributed by atoms with Crippen LogP contribution in [0.2, 0.25) is 5.02 Å². The second kappa shape index (κ2) is 8.79. The molecule has 0 spiro atoms. The SMILES string of the molecule is C=CCCOC(C)C(=O)OCc1cc(Cl)c2c(c1)OCCCO2. The van der Waals surface area contributed by atoms with Gasteiger partial charge in [0.15, 0.2) is 17.6 Å². The fraction of sp³-hybridized carbons (Fsp3) is 0.471. The normalized spacial score (nSPS) is 14.7. The zero-order valence-electron chi connectivity index (χ0n) is 13.2. The second-order valence-electron chi connectivity index (χ2n) is 5.15. The summed E-state index contributed by atoms with van der Waals surface area (Å²) in [5.41, 5.74) is 0.742. The van der Waals surface area contributed by atoms with Crippen LogP contribution < -0.4 is 9.47 Å². The van der Waals surface area contributed by atoms with E-state index in [0.29, 0.717) is 42.8 Å². The number of benzene rings is 1. The average Bonchev–Trinajstić information content (AvgIpc) is 2.78. The standard InChI is InChI=1S/C17H21ClO5/c1-3-4-6-20-12(2)17(19)23-11-13-9-14(18)16-15(10-13)21-7-5-8-22-16/h3,9-10,12H,1,4-8,11H2,2H3. The van der Waals surface area contributed by atoms with E-state index in [4.69, 9.17) is 30.5 Å². The van der Waals surface area contributed by atoms with Gasteiger partial charge < -0.3 is 18.9 Å². The van der Waals surface area contributed by atoms with E-state index in [2.05, 4.69) is 6.58 Å². The molecule has 0 saturated heterocycles. The van der Waals surface area contributed by atoms with Gasteiger partial charge in [-0.2, -0.15) is 0 Å². The van der Waals surface area contributed by atoms with Crippen molar-refractivity contribution >= 4 is 17.6 Å². The molecule has 23 heavy (non-hydrogen) atoms. The van der Waals surface area contributed by atoms with Gasteiger partial charge in [-0.05, 0) is 31.0 Å². The third kappa shape index (κ3) is 5.15. The van der Waals surface area contributed by atoms with Gasteiger partial charge in [0.05, 0.1) is 24.8 Å². The van der Waals surface area contributed by atoms with Crippen LogP contribution in [0.1, 0.15) is 25.3 Å². The van der Waals surface area contributed by atoms with Crippen molar-refractivity contribution in [1.29, 1.82) is 0 Å². The molecule has 0 amide bonds. The van der Waals surface area contributed by atoms with Gasteiger partial charge in [0.25, 0.3) is 0 Å². The Labute approximate surface area is 141 Å². The minimum Gasteiger partial charge on any atom is -0.489 e. The summed E-state index contributed by atoms with van der Waals surface area (Å²) in [5, 5.41) is 0.450. The number of hydrogen-bond acceptors (Lipinski definition) is 5. The Kier molecular flexibility index (Phi) is 6.74. The van der Waals surface area contributed by atoms with E-state index in [1.165, 1.54) is 0 Å². The van der Waals surface area contributed by atoms with Crippen molar-refractivity contribution in [2.75, 3.05) is 19.8 Å². The topological polar surface area (TPSA) is 54.0 Å². The molecule has 2 rings (SSSR count). The van der Waals surface area contributed by atoms with E-state index in [0.717, 1.165) is 12.0 Å². The number of fused-ring (bicyclic) bond motifs is 1. The minimum absolute atomic E-state index is 0.102. The van der Waals surface area contributed by atoms with Crippen molar-refractivity contribution in [1.82, 2.24) is 0 Å². The Morgan fingerprint density at radius 1 is 1.43 bits per heavy atom. The number of rotatable bonds is 7. The minimum atomic E-state index is -0.620. The van der Waals surface area contributed by atoms with Crippen molar-refractivity contribution in [2.24, 2.45) is 0 Å². The summed E-state index contributed by atoms with van der Waals surface area (Å²) < 4.78 is 21.8. The lowest BCUT2D eigenvalue weighted by Gasteiger charge is -2.14. The molecule has 6 heteroatoms. The highest BCUT2D eigenvalue weighted by Gasteiger charge is 2.18. The molecular formula is C17H21ClO5. The monoisotopic (exact) mass is 340 g/mol. The summed E-state index contributed by atoms with van der Waals surface area (Å²) in [6.07, 6.45) is 2.60. The van der Waals surface area contributed by atoms with E-state index < -0.39 is 12.1 Å². The molecule has 0 aromatic heterocycles. The first-order valence-electron chi connectivity index (χ1n) is 7.59. The lowest BCUT2D eigenvalue weighted by Crippen LogP contribution is -2.23. The van der Waals surface area contributed by atoms with E-state index in [9.17, 15) is 4.79 Å². The van der Waals surface area contributed by atoms with Crippen molar-refractivity contribution in [3.63, 3.8) is 0 Å². The number of halogens is 1. The summed E-state index contributed by atoms with van der Waals surface area (Å²) in [6, 6.07) is 3.49. The highest BCUT2D eigenvalue weighted by atomic mass is 35.5. The first kappa shape index (κ1) is 17.6. The van der Waals surface area contributed by atoms with Gasteiger partial charge in [0.2, 0.25) is 0 Å². The number of ether oxygens (including phenoxy) is 4. The molecule has 0 N–H and O–H groups in total. The van der Waals surface area contributed by atoms with Crippen LogP contribution in [0.4, 0.5) is 0 Å². The van der Waals surface area contributed by atoms with Crippen LogP contribution in [-0.4, -0.2) is 31.9 Å². The Balaban J connectivity index is 1.93. The molecule has 1 aromatic rings. The van der Waals surface area contributed by atoms with Crippen molar-refractivity contribution < 1.29 is 23.7 Å². The van der Waals surface area contributed by atoms with E-state index in [1.54, 1.807) is 25.1 Å². The van der Waals surface area contributed by atoms with Gasteiger partial charge in [-0.15, -0.1) is 6.58 Å². The summed E-state index contributed by atoms with van der Waals surface area (Å²) in [4.78, 5) is 11.9. The summed E-state index contributed by atoms with van der Waals surface area (Å²) in [7, 11) is 0. The molecule has 0 radical (unpaired) electrons. The summed E-state index contributed by atoms with van der Waals surface area (Å²) in [5.74, 6) is 0.703. The molecular weight excluding hydrogens is 320 g/mol. The number of carbonyl (C=O) groups is 1. The number of carbonyl (C=O) groups excluding carboxylic acids is 1. The molecule has 0 aliphatic carbocycles. The zero-order chi connectivity index (χ0) is 16.7. The first-order valence-corrected chi connectivity index (χ1v) is 7.96. The molecule has 1 aliphatic rings. The number of hydrogen-bond donors (Lipinski definition) is 0. The van der Waals surface area contributed by atoms with Gasteiger partial charge in [-0.1, -0.05) is 17.7 Å². The fourth-order valence-corrected chi connectivity index (χ4v) is 2.32.